The van der Waals surface area contributed by atoms with Crippen LogP contribution in [0.2, 0.25) is 0 Å². The van der Waals surface area contributed by atoms with Gasteiger partial charge >= 0.3 is 0 Å². The molecule has 0 N–H and O–H groups in total. The standard InChI is InChI=1S/C11H14N6O2/c1-9(18)16(7-8-19-2)17-14-11(13-15-17)10-5-3-4-6-12-10/h3-6H,7-8H2,1-2H3. The molecule has 0 radical (unpaired) electrons. The molecule has 2 aromatic heterocycles. The lowest BCUT2D eigenvalue weighted by atomic mass is 10.3. The molecule has 8 nitrogen and oxygen atoms in total. The molecule has 100 valence electrons. The fourth-order valence-corrected chi connectivity index (χ4v) is 1.46. The number of methoxy groups -OCH3 is 1. The Balaban J connectivity index is 2.21. The number of carbonyl (C=O) groups is 1. The topological polar surface area (TPSA) is 86.0 Å². The zero-order valence-corrected chi connectivity index (χ0v) is 10.7. The van der Waals surface area contributed by atoms with Gasteiger partial charge in [0.1, 0.15) is 5.69 Å². The van der Waals surface area contributed by atoms with Crippen LogP contribution in [0.1, 0.15) is 6.92 Å². The first kappa shape index (κ1) is 13.1. The van der Waals surface area contributed by atoms with E-state index in [4.69, 9.17) is 4.74 Å². The van der Waals surface area contributed by atoms with Crippen LogP contribution in [-0.2, 0) is 9.53 Å². The molecule has 0 aromatic carbocycles. The predicted molar refractivity (Wildman–Crippen MR) is 66.7 cm³/mol. The number of hydrogen-bond donors (Lipinski definition) is 0. The summed E-state index contributed by atoms with van der Waals surface area (Å²) in [5, 5.41) is 13.2. The van der Waals surface area contributed by atoms with Gasteiger partial charge < -0.3 is 4.74 Å². The summed E-state index contributed by atoms with van der Waals surface area (Å²) < 4.78 is 4.94. The average molecular weight is 262 g/mol. The van der Waals surface area contributed by atoms with E-state index in [2.05, 4.69) is 20.4 Å². The SMILES string of the molecule is COCCN(C(C)=O)n1nnc(-c2ccccn2)n1. The molecular formula is C11H14N6O2. The Hall–Kier alpha value is -2.35. The van der Waals surface area contributed by atoms with Crippen LogP contribution in [0, 0.1) is 0 Å². The highest BCUT2D eigenvalue weighted by Gasteiger charge is 2.15. The molecule has 0 saturated heterocycles. The number of rotatable bonds is 5. The van der Waals surface area contributed by atoms with Crippen LogP contribution in [0.4, 0.5) is 0 Å². The van der Waals surface area contributed by atoms with Crippen molar-refractivity contribution in [3.8, 4) is 11.5 Å². The lowest BCUT2D eigenvalue weighted by molar-refractivity contribution is -0.118. The average Bonchev–Trinajstić information content (AvgIpc) is 2.89. The predicted octanol–water partition coefficient (Wildman–Crippen LogP) is -0.134. The first-order valence-electron chi connectivity index (χ1n) is 5.71. The third-order valence-corrected chi connectivity index (χ3v) is 2.38. The summed E-state index contributed by atoms with van der Waals surface area (Å²) in [5.74, 6) is 0.172. The molecule has 2 rings (SSSR count). The summed E-state index contributed by atoms with van der Waals surface area (Å²) in [4.78, 5) is 16.8. The summed E-state index contributed by atoms with van der Waals surface area (Å²) in [6.45, 7) is 2.17. The molecule has 0 aliphatic heterocycles. The fraction of sp³-hybridized carbons (Fsp3) is 0.364. The van der Waals surface area contributed by atoms with Gasteiger partial charge in [-0.25, -0.2) is 5.01 Å². The van der Waals surface area contributed by atoms with Gasteiger partial charge in [0, 0.05) is 20.2 Å². The van der Waals surface area contributed by atoms with E-state index in [1.807, 2.05) is 6.07 Å². The Morgan fingerprint density at radius 3 is 2.95 bits per heavy atom. The molecule has 8 heteroatoms. The van der Waals surface area contributed by atoms with Crippen LogP contribution in [-0.4, -0.2) is 51.5 Å². The quantitative estimate of drug-likeness (QED) is 0.746. The zero-order valence-electron chi connectivity index (χ0n) is 10.7. The molecule has 0 saturated carbocycles. The largest absolute Gasteiger partial charge is 0.383 e. The maximum atomic E-state index is 11.5. The number of hydrogen-bond acceptors (Lipinski definition) is 6. The number of nitrogens with zero attached hydrogens (tertiary/aromatic N) is 6. The van der Waals surface area contributed by atoms with Gasteiger partial charge in [0.25, 0.3) is 0 Å². The highest BCUT2D eigenvalue weighted by Crippen LogP contribution is 2.08. The van der Waals surface area contributed by atoms with E-state index in [0.29, 0.717) is 24.7 Å². The molecular weight excluding hydrogens is 248 g/mol. The van der Waals surface area contributed by atoms with Gasteiger partial charge in [-0.1, -0.05) is 11.0 Å². The normalized spacial score (nSPS) is 10.4. The number of amides is 1. The smallest absolute Gasteiger partial charge is 0.240 e. The Morgan fingerprint density at radius 1 is 1.47 bits per heavy atom. The molecule has 2 aromatic rings. The van der Waals surface area contributed by atoms with Crippen LogP contribution in [0.5, 0.6) is 0 Å². The summed E-state index contributed by atoms with van der Waals surface area (Å²) in [7, 11) is 1.56. The molecule has 0 fully saturated rings. The van der Waals surface area contributed by atoms with Crippen LogP contribution in [0.15, 0.2) is 24.4 Å². The maximum Gasteiger partial charge on any atom is 0.240 e. The first-order valence-corrected chi connectivity index (χ1v) is 5.71. The number of tetrazole rings is 1. The Labute approximate surface area is 110 Å². The molecule has 0 atom stereocenters. The number of aromatic nitrogens is 5. The minimum atomic E-state index is -0.193. The number of pyridine rings is 1. The van der Waals surface area contributed by atoms with Crippen LogP contribution in [0.3, 0.4) is 0 Å². The number of carbonyl (C=O) groups excluding carboxylic acids is 1. The molecule has 0 aliphatic rings. The van der Waals surface area contributed by atoms with Crippen molar-refractivity contribution in [3.05, 3.63) is 24.4 Å². The Bertz CT molecular complexity index is 541. The van der Waals surface area contributed by atoms with Gasteiger partial charge in [-0.3, -0.25) is 9.78 Å². The minimum Gasteiger partial charge on any atom is -0.383 e. The van der Waals surface area contributed by atoms with E-state index in [-0.39, 0.29) is 5.91 Å². The van der Waals surface area contributed by atoms with E-state index in [9.17, 15) is 4.79 Å². The van der Waals surface area contributed by atoms with Crippen LogP contribution < -0.4 is 5.01 Å². The van der Waals surface area contributed by atoms with Gasteiger partial charge in [-0.05, 0) is 17.3 Å². The van der Waals surface area contributed by atoms with Gasteiger partial charge in [0.2, 0.25) is 11.7 Å². The van der Waals surface area contributed by atoms with Crippen LogP contribution in [0.25, 0.3) is 11.5 Å². The van der Waals surface area contributed by atoms with Gasteiger partial charge in [0.05, 0.1) is 13.2 Å². The van der Waals surface area contributed by atoms with Crippen molar-refractivity contribution >= 4 is 5.91 Å². The van der Waals surface area contributed by atoms with Crippen molar-refractivity contribution in [2.75, 3.05) is 25.3 Å². The molecule has 0 spiro atoms. The van der Waals surface area contributed by atoms with E-state index in [1.54, 1.807) is 25.4 Å². The van der Waals surface area contributed by atoms with Crippen molar-refractivity contribution in [2.45, 2.75) is 6.92 Å². The van der Waals surface area contributed by atoms with Crippen molar-refractivity contribution < 1.29 is 9.53 Å². The summed E-state index contributed by atoms with van der Waals surface area (Å²) in [6, 6.07) is 5.40. The second-order valence-electron chi connectivity index (χ2n) is 3.73. The zero-order chi connectivity index (χ0) is 13.7. The minimum absolute atomic E-state index is 0.193. The van der Waals surface area contributed by atoms with Crippen LogP contribution >= 0.6 is 0 Å². The van der Waals surface area contributed by atoms with Gasteiger partial charge in [0.15, 0.2) is 0 Å². The molecule has 1 amide bonds. The van der Waals surface area contributed by atoms with Crippen molar-refractivity contribution in [3.63, 3.8) is 0 Å². The third kappa shape index (κ3) is 3.10. The fourth-order valence-electron chi connectivity index (χ4n) is 1.46. The highest BCUT2D eigenvalue weighted by molar-refractivity contribution is 5.83. The van der Waals surface area contributed by atoms with Gasteiger partial charge in [-0.2, -0.15) is 0 Å². The molecule has 19 heavy (non-hydrogen) atoms. The summed E-state index contributed by atoms with van der Waals surface area (Å²) >= 11 is 0. The van der Waals surface area contributed by atoms with E-state index in [1.165, 1.54) is 11.9 Å². The molecule has 0 aliphatic carbocycles. The highest BCUT2D eigenvalue weighted by atomic mass is 16.5. The van der Waals surface area contributed by atoms with E-state index < -0.39 is 0 Å². The summed E-state index contributed by atoms with van der Waals surface area (Å²) in [6.07, 6.45) is 1.64. The Kier molecular flexibility index (Phi) is 4.14. The summed E-state index contributed by atoms with van der Waals surface area (Å²) in [5.41, 5.74) is 0.601. The lowest BCUT2D eigenvalue weighted by Crippen LogP contribution is -2.42. The molecule has 2 heterocycles. The first-order chi connectivity index (χ1) is 9.22. The lowest BCUT2D eigenvalue weighted by Gasteiger charge is -2.17. The maximum absolute atomic E-state index is 11.5. The third-order valence-electron chi connectivity index (χ3n) is 2.38. The Morgan fingerprint density at radius 2 is 2.32 bits per heavy atom. The van der Waals surface area contributed by atoms with E-state index >= 15 is 0 Å². The molecule has 0 unspecified atom stereocenters. The monoisotopic (exact) mass is 262 g/mol. The van der Waals surface area contributed by atoms with E-state index in [0.717, 1.165) is 4.91 Å². The van der Waals surface area contributed by atoms with Gasteiger partial charge in [-0.15, -0.1) is 10.2 Å². The second kappa shape index (κ2) is 6.01. The second-order valence-corrected chi connectivity index (χ2v) is 3.73. The van der Waals surface area contributed by atoms with Crippen molar-refractivity contribution in [1.29, 1.82) is 0 Å². The van der Waals surface area contributed by atoms with Crippen molar-refractivity contribution in [2.24, 2.45) is 0 Å². The van der Waals surface area contributed by atoms with Crippen molar-refractivity contribution in [1.82, 2.24) is 25.3 Å². The molecule has 0 bridgehead atoms. The number of ether oxygens (including phenoxy) is 1.